The number of aromatic nitrogens is 1. The van der Waals surface area contributed by atoms with E-state index >= 15 is 0 Å². The van der Waals surface area contributed by atoms with Gasteiger partial charge in [0.1, 0.15) is 5.82 Å². The lowest BCUT2D eigenvalue weighted by molar-refractivity contribution is -0.116. The van der Waals surface area contributed by atoms with Gasteiger partial charge in [-0.25, -0.2) is 4.39 Å². The Morgan fingerprint density at radius 3 is 2.61 bits per heavy atom. The van der Waals surface area contributed by atoms with Crippen molar-refractivity contribution in [3.05, 3.63) is 75.9 Å². The molecule has 0 fully saturated rings. The number of hydrogen-bond donors (Lipinski definition) is 5. The second-order valence-corrected chi connectivity index (χ2v) is 9.57. The number of rotatable bonds is 9. The molecule has 0 saturated carbocycles. The monoisotopic (exact) mass is 517 g/mol. The molecule has 0 bridgehead atoms. The van der Waals surface area contributed by atoms with Gasteiger partial charge in [-0.3, -0.25) is 14.4 Å². The van der Waals surface area contributed by atoms with E-state index in [1.807, 2.05) is 26.0 Å². The molecule has 9 heteroatoms. The summed E-state index contributed by atoms with van der Waals surface area (Å²) in [5, 5.41) is 8.50. The molecule has 0 unspecified atom stereocenters. The summed E-state index contributed by atoms with van der Waals surface area (Å²) >= 11 is 0. The third kappa shape index (κ3) is 5.94. The van der Waals surface area contributed by atoms with Crippen molar-refractivity contribution in [2.45, 2.75) is 46.5 Å². The van der Waals surface area contributed by atoms with E-state index in [0.29, 0.717) is 70.1 Å². The van der Waals surface area contributed by atoms with E-state index < -0.39 is 5.82 Å². The van der Waals surface area contributed by atoms with Crippen molar-refractivity contribution in [1.29, 1.82) is 0 Å². The van der Waals surface area contributed by atoms with Crippen molar-refractivity contribution in [2.24, 2.45) is 0 Å². The number of aromatic amines is 1. The van der Waals surface area contributed by atoms with Gasteiger partial charge in [0.05, 0.1) is 22.5 Å². The fourth-order valence-corrected chi connectivity index (χ4v) is 4.59. The van der Waals surface area contributed by atoms with Gasteiger partial charge >= 0.3 is 0 Å². The van der Waals surface area contributed by atoms with Crippen LogP contribution in [0.3, 0.4) is 0 Å². The molecule has 2 heterocycles. The molecule has 0 spiro atoms. The molecule has 4 rings (SSSR count). The van der Waals surface area contributed by atoms with Gasteiger partial charge < -0.3 is 26.7 Å². The van der Waals surface area contributed by atoms with Crippen molar-refractivity contribution in [3.8, 4) is 0 Å². The fourth-order valence-electron chi connectivity index (χ4n) is 4.59. The first-order valence-corrected chi connectivity index (χ1v) is 12.6. The molecular formula is C29H32FN5O3. The molecule has 198 valence electrons. The summed E-state index contributed by atoms with van der Waals surface area (Å²) in [4.78, 5) is 40.7. The number of carbonyl (C=O) groups excluding carboxylic acids is 3. The first-order chi connectivity index (χ1) is 18.1. The maximum atomic E-state index is 13.8. The standard InChI is InChI=1S/C29H32FN5O3/c1-16-8-10-24(22(31)13-16)34-26(36)7-5-4-6-12-32-29(38)27-17(2)25(33-18(27)3)15-21-20-14-19(30)9-11-23(20)35-28(21)37/h8-11,13-15,33H,4-7,12,31H2,1-3H3,(H,32,38)(H,34,36)(H,35,37)/b21-15-. The Bertz CT molecular complexity index is 1440. The van der Waals surface area contributed by atoms with E-state index in [2.05, 4.69) is 20.9 Å². The number of benzene rings is 2. The van der Waals surface area contributed by atoms with E-state index in [9.17, 15) is 18.8 Å². The van der Waals surface area contributed by atoms with Crippen LogP contribution in [0.5, 0.6) is 0 Å². The molecule has 0 radical (unpaired) electrons. The van der Waals surface area contributed by atoms with Crippen LogP contribution in [0.2, 0.25) is 0 Å². The Labute approximate surface area is 220 Å². The lowest BCUT2D eigenvalue weighted by Crippen LogP contribution is -2.25. The zero-order chi connectivity index (χ0) is 27.4. The molecule has 38 heavy (non-hydrogen) atoms. The van der Waals surface area contributed by atoms with Crippen LogP contribution in [0.4, 0.5) is 21.5 Å². The molecule has 8 nitrogen and oxygen atoms in total. The molecule has 1 aliphatic heterocycles. The van der Waals surface area contributed by atoms with Gasteiger partial charge in [0, 0.05) is 35.6 Å². The summed E-state index contributed by atoms with van der Waals surface area (Å²) < 4.78 is 13.8. The van der Waals surface area contributed by atoms with Gasteiger partial charge in [0.2, 0.25) is 5.91 Å². The highest BCUT2D eigenvalue weighted by molar-refractivity contribution is 6.34. The smallest absolute Gasteiger partial charge is 0.256 e. The zero-order valence-electron chi connectivity index (χ0n) is 21.8. The minimum Gasteiger partial charge on any atom is -0.397 e. The van der Waals surface area contributed by atoms with E-state index in [1.54, 1.807) is 19.1 Å². The van der Waals surface area contributed by atoms with Crippen molar-refractivity contribution in [2.75, 3.05) is 22.9 Å². The second kappa shape index (κ2) is 11.3. The predicted molar refractivity (Wildman–Crippen MR) is 148 cm³/mol. The average Bonchev–Trinajstić information content (AvgIpc) is 3.32. The van der Waals surface area contributed by atoms with Crippen LogP contribution in [-0.2, 0) is 9.59 Å². The van der Waals surface area contributed by atoms with Crippen LogP contribution in [-0.4, -0.2) is 29.3 Å². The molecule has 0 atom stereocenters. The predicted octanol–water partition coefficient (Wildman–Crippen LogP) is 5.08. The third-order valence-electron chi connectivity index (χ3n) is 6.60. The van der Waals surface area contributed by atoms with Gasteiger partial charge in [-0.2, -0.15) is 0 Å². The van der Waals surface area contributed by atoms with Crippen LogP contribution in [0, 0.1) is 26.6 Å². The van der Waals surface area contributed by atoms with Crippen LogP contribution < -0.4 is 21.7 Å². The van der Waals surface area contributed by atoms with Gasteiger partial charge in [-0.15, -0.1) is 0 Å². The molecule has 1 aromatic heterocycles. The third-order valence-corrected chi connectivity index (χ3v) is 6.60. The highest BCUT2D eigenvalue weighted by Gasteiger charge is 2.26. The van der Waals surface area contributed by atoms with Crippen LogP contribution in [0.1, 0.15) is 64.1 Å². The normalized spacial score (nSPS) is 13.4. The van der Waals surface area contributed by atoms with Gasteiger partial charge in [-0.1, -0.05) is 12.5 Å². The number of nitrogens with one attached hydrogen (secondary N) is 4. The fraction of sp³-hybridized carbons (Fsp3) is 0.276. The molecule has 0 aliphatic carbocycles. The highest BCUT2D eigenvalue weighted by atomic mass is 19.1. The second-order valence-electron chi connectivity index (χ2n) is 9.57. The van der Waals surface area contributed by atoms with Gasteiger partial charge in [0.25, 0.3) is 11.8 Å². The number of nitrogens with two attached hydrogens (primary N) is 1. The summed E-state index contributed by atoms with van der Waals surface area (Å²) in [5.74, 6) is -1.05. The number of aryl methyl sites for hydroxylation is 2. The summed E-state index contributed by atoms with van der Waals surface area (Å²) in [6, 6.07) is 9.66. The number of unbranched alkanes of at least 4 members (excludes halogenated alkanes) is 2. The number of nitrogen functional groups attached to an aromatic ring is 1. The highest BCUT2D eigenvalue weighted by Crippen LogP contribution is 2.34. The molecule has 3 aromatic rings. The first-order valence-electron chi connectivity index (χ1n) is 12.6. The average molecular weight is 518 g/mol. The number of halogens is 1. The molecule has 3 amide bonds. The van der Waals surface area contributed by atoms with Gasteiger partial charge in [0.15, 0.2) is 0 Å². The van der Waals surface area contributed by atoms with E-state index in [4.69, 9.17) is 5.73 Å². The minimum absolute atomic E-state index is 0.0916. The molecule has 6 N–H and O–H groups in total. The number of fused-ring (bicyclic) bond motifs is 1. The maximum absolute atomic E-state index is 13.8. The summed E-state index contributed by atoms with van der Waals surface area (Å²) in [6.07, 6.45) is 4.22. The van der Waals surface area contributed by atoms with Gasteiger partial charge in [-0.05, 0) is 81.1 Å². The number of anilines is 3. The van der Waals surface area contributed by atoms with Crippen molar-refractivity contribution in [1.82, 2.24) is 10.3 Å². The lowest BCUT2D eigenvalue weighted by Gasteiger charge is -2.09. The van der Waals surface area contributed by atoms with E-state index in [-0.39, 0.29) is 17.7 Å². The Hall–Kier alpha value is -4.40. The topological polar surface area (TPSA) is 129 Å². The Morgan fingerprint density at radius 2 is 1.84 bits per heavy atom. The van der Waals surface area contributed by atoms with Crippen molar-refractivity contribution < 1.29 is 18.8 Å². The summed E-state index contributed by atoms with van der Waals surface area (Å²) in [6.45, 7) is 6.02. The first kappa shape index (κ1) is 26.7. The molecular weight excluding hydrogens is 485 g/mol. The Morgan fingerprint density at radius 1 is 1.05 bits per heavy atom. The summed E-state index contributed by atoms with van der Waals surface area (Å²) in [7, 11) is 0. The number of H-pyrrole nitrogens is 1. The van der Waals surface area contributed by atoms with Crippen LogP contribution in [0.25, 0.3) is 11.6 Å². The minimum atomic E-state index is -0.429. The molecule has 2 aromatic carbocycles. The summed E-state index contributed by atoms with van der Waals surface area (Å²) in [5.41, 5.74) is 12.0. The maximum Gasteiger partial charge on any atom is 0.256 e. The quantitative estimate of drug-likeness (QED) is 0.154. The number of carbonyl (C=O) groups is 3. The zero-order valence-corrected chi connectivity index (χ0v) is 21.8. The van der Waals surface area contributed by atoms with Crippen molar-refractivity contribution in [3.63, 3.8) is 0 Å². The van der Waals surface area contributed by atoms with Crippen LogP contribution >= 0.6 is 0 Å². The largest absolute Gasteiger partial charge is 0.397 e. The Balaban J connectivity index is 1.28. The SMILES string of the molecule is Cc1ccc(NC(=O)CCCCCNC(=O)c2c(C)[nH]c(/C=C3\C(=O)Nc4ccc(F)cc43)c2C)c(N)c1. The van der Waals surface area contributed by atoms with E-state index in [0.717, 1.165) is 18.4 Å². The van der Waals surface area contributed by atoms with Crippen LogP contribution in [0.15, 0.2) is 36.4 Å². The molecule has 1 aliphatic rings. The Kier molecular flexibility index (Phi) is 7.95. The lowest BCUT2D eigenvalue weighted by atomic mass is 10.0. The van der Waals surface area contributed by atoms with Crippen molar-refractivity contribution >= 4 is 46.4 Å². The number of hydrogen-bond acceptors (Lipinski definition) is 4. The molecule has 0 saturated heterocycles. The number of amides is 3. The van der Waals surface area contributed by atoms with E-state index in [1.165, 1.54) is 18.2 Å².